The number of ether oxygens (including phenoxy) is 2. The van der Waals surface area contributed by atoms with Crippen molar-refractivity contribution in [3.05, 3.63) is 27.8 Å². The molecule has 1 aromatic rings. The summed E-state index contributed by atoms with van der Waals surface area (Å²) in [5.74, 6) is 0.248. The molecule has 0 bridgehead atoms. The molecule has 0 unspecified atom stereocenters. The average Bonchev–Trinajstić information content (AvgIpc) is 2.89. The molecule has 0 spiro atoms. The van der Waals surface area contributed by atoms with Crippen LogP contribution in [0.15, 0.2) is 12.1 Å². The van der Waals surface area contributed by atoms with Crippen molar-refractivity contribution in [2.45, 2.75) is 51.5 Å². The molecule has 0 atom stereocenters. The highest BCUT2D eigenvalue weighted by Crippen LogP contribution is 2.36. The lowest BCUT2D eigenvalue weighted by atomic mass is 10.0. The fourth-order valence-electron chi connectivity index (χ4n) is 3.30. The van der Waals surface area contributed by atoms with Gasteiger partial charge in [-0.1, -0.05) is 25.7 Å². The zero-order valence-corrected chi connectivity index (χ0v) is 15.1. The predicted molar refractivity (Wildman–Crippen MR) is 94.4 cm³/mol. The molecule has 7 heteroatoms. The highest BCUT2D eigenvalue weighted by Gasteiger charge is 2.29. The molecule has 0 aromatic heterocycles. The third-order valence-electron chi connectivity index (χ3n) is 4.70. The SMILES string of the molecule is CCOc1cc(C(=O)N(C)C2CCCCCC2)c([N+](=O)[O-])cc1OC. The first kappa shape index (κ1) is 19.0. The van der Waals surface area contributed by atoms with Crippen molar-refractivity contribution < 1.29 is 19.2 Å². The van der Waals surface area contributed by atoms with Crippen molar-refractivity contribution in [3.8, 4) is 11.5 Å². The number of nitro groups is 1. The van der Waals surface area contributed by atoms with E-state index in [0.717, 1.165) is 25.7 Å². The molecule has 138 valence electrons. The van der Waals surface area contributed by atoms with Gasteiger partial charge in [-0.15, -0.1) is 0 Å². The Labute approximate surface area is 148 Å². The van der Waals surface area contributed by atoms with E-state index >= 15 is 0 Å². The van der Waals surface area contributed by atoms with Crippen LogP contribution in [-0.2, 0) is 0 Å². The number of rotatable bonds is 6. The van der Waals surface area contributed by atoms with Crippen molar-refractivity contribution in [1.82, 2.24) is 4.90 Å². The van der Waals surface area contributed by atoms with E-state index in [-0.39, 0.29) is 28.9 Å². The molecule has 25 heavy (non-hydrogen) atoms. The minimum Gasteiger partial charge on any atom is -0.493 e. The minimum absolute atomic E-state index is 0.0426. The molecule has 7 nitrogen and oxygen atoms in total. The largest absolute Gasteiger partial charge is 0.493 e. The van der Waals surface area contributed by atoms with Crippen LogP contribution in [-0.4, -0.2) is 42.5 Å². The van der Waals surface area contributed by atoms with Gasteiger partial charge in [0.25, 0.3) is 11.6 Å². The summed E-state index contributed by atoms with van der Waals surface area (Å²) < 4.78 is 10.6. The Bertz CT molecular complexity index is 624. The van der Waals surface area contributed by atoms with Gasteiger partial charge in [-0.3, -0.25) is 14.9 Å². The summed E-state index contributed by atoms with van der Waals surface area (Å²) in [6, 6.07) is 2.81. The van der Waals surface area contributed by atoms with E-state index in [1.807, 2.05) is 0 Å². The Morgan fingerprint density at radius 2 is 1.88 bits per heavy atom. The standard InChI is InChI=1S/C18H26N2O5/c1-4-25-17-11-14(15(20(22)23)12-16(17)24-3)18(21)19(2)13-9-7-5-6-8-10-13/h11-13H,4-10H2,1-3H3. The van der Waals surface area contributed by atoms with Gasteiger partial charge >= 0.3 is 0 Å². The topological polar surface area (TPSA) is 81.9 Å². The van der Waals surface area contributed by atoms with Crippen LogP contribution in [0.4, 0.5) is 5.69 Å². The fraction of sp³-hybridized carbons (Fsp3) is 0.611. The molecule has 0 saturated heterocycles. The summed E-state index contributed by atoms with van der Waals surface area (Å²) in [4.78, 5) is 25.5. The van der Waals surface area contributed by atoms with Crippen molar-refractivity contribution >= 4 is 11.6 Å². The summed E-state index contributed by atoms with van der Waals surface area (Å²) in [7, 11) is 3.15. The molecule has 1 aromatic carbocycles. The van der Waals surface area contributed by atoms with Gasteiger partial charge in [0.2, 0.25) is 0 Å². The molecule has 1 aliphatic rings. The number of amides is 1. The molecule has 0 aliphatic heterocycles. The highest BCUT2D eigenvalue weighted by atomic mass is 16.6. The Balaban J connectivity index is 2.38. The second-order valence-electron chi connectivity index (χ2n) is 6.27. The number of nitrogens with zero attached hydrogens (tertiary/aromatic N) is 2. The van der Waals surface area contributed by atoms with Crippen molar-refractivity contribution in [2.24, 2.45) is 0 Å². The second kappa shape index (κ2) is 8.69. The number of hydrogen-bond acceptors (Lipinski definition) is 5. The first-order chi connectivity index (χ1) is 12.0. The van der Waals surface area contributed by atoms with Gasteiger partial charge in [0.1, 0.15) is 5.56 Å². The third-order valence-corrected chi connectivity index (χ3v) is 4.70. The van der Waals surface area contributed by atoms with E-state index in [2.05, 4.69) is 0 Å². The summed E-state index contributed by atoms with van der Waals surface area (Å²) in [6.45, 7) is 2.18. The summed E-state index contributed by atoms with van der Waals surface area (Å²) in [5, 5.41) is 11.5. The number of hydrogen-bond donors (Lipinski definition) is 0. The molecule has 0 radical (unpaired) electrons. The van der Waals surface area contributed by atoms with Gasteiger partial charge in [0.15, 0.2) is 11.5 Å². The van der Waals surface area contributed by atoms with Gasteiger partial charge in [-0.2, -0.15) is 0 Å². The zero-order chi connectivity index (χ0) is 18.4. The molecular weight excluding hydrogens is 324 g/mol. The van der Waals surface area contributed by atoms with E-state index in [1.54, 1.807) is 18.9 Å². The summed E-state index contributed by atoms with van der Waals surface area (Å²) in [6.07, 6.45) is 6.38. The van der Waals surface area contributed by atoms with E-state index in [9.17, 15) is 14.9 Å². The van der Waals surface area contributed by atoms with Crippen LogP contribution in [0.25, 0.3) is 0 Å². The van der Waals surface area contributed by atoms with Crippen molar-refractivity contribution in [2.75, 3.05) is 20.8 Å². The first-order valence-electron chi connectivity index (χ1n) is 8.76. The Morgan fingerprint density at radius 3 is 2.40 bits per heavy atom. The maximum Gasteiger partial charge on any atom is 0.286 e. The number of carbonyl (C=O) groups is 1. The molecule has 1 fully saturated rings. The number of methoxy groups -OCH3 is 1. The molecule has 1 aliphatic carbocycles. The van der Waals surface area contributed by atoms with E-state index in [0.29, 0.717) is 12.4 Å². The van der Waals surface area contributed by atoms with Gasteiger partial charge in [-0.25, -0.2) is 0 Å². The van der Waals surface area contributed by atoms with Crippen LogP contribution < -0.4 is 9.47 Å². The lowest BCUT2D eigenvalue weighted by Gasteiger charge is -2.27. The van der Waals surface area contributed by atoms with Crippen molar-refractivity contribution in [3.63, 3.8) is 0 Å². The normalized spacial score (nSPS) is 15.3. The van der Waals surface area contributed by atoms with E-state index in [4.69, 9.17) is 9.47 Å². The van der Waals surface area contributed by atoms with Crippen LogP contribution in [0.2, 0.25) is 0 Å². The number of carbonyl (C=O) groups excluding carboxylic acids is 1. The second-order valence-corrected chi connectivity index (χ2v) is 6.27. The van der Waals surface area contributed by atoms with Gasteiger partial charge < -0.3 is 14.4 Å². The van der Waals surface area contributed by atoms with E-state index < -0.39 is 4.92 Å². The fourth-order valence-corrected chi connectivity index (χ4v) is 3.30. The lowest BCUT2D eigenvalue weighted by molar-refractivity contribution is -0.385. The third kappa shape index (κ3) is 4.41. The minimum atomic E-state index is -0.549. The quantitative estimate of drug-likeness (QED) is 0.443. The summed E-state index contributed by atoms with van der Waals surface area (Å²) >= 11 is 0. The van der Waals surface area contributed by atoms with Crippen molar-refractivity contribution in [1.29, 1.82) is 0 Å². The number of nitro benzene ring substituents is 1. The lowest BCUT2D eigenvalue weighted by Crippen LogP contribution is -2.37. The first-order valence-corrected chi connectivity index (χ1v) is 8.76. The molecule has 1 saturated carbocycles. The van der Waals surface area contributed by atoms with Gasteiger partial charge in [0, 0.05) is 19.2 Å². The van der Waals surface area contributed by atoms with E-state index in [1.165, 1.54) is 32.1 Å². The molecule has 0 heterocycles. The Kier molecular flexibility index (Phi) is 6.61. The predicted octanol–water partition coefficient (Wildman–Crippen LogP) is 3.80. The summed E-state index contributed by atoms with van der Waals surface area (Å²) in [5.41, 5.74) is -0.216. The van der Waals surface area contributed by atoms with Crippen LogP contribution in [0, 0.1) is 10.1 Å². The maximum atomic E-state index is 13.0. The highest BCUT2D eigenvalue weighted by molar-refractivity contribution is 5.99. The Hall–Kier alpha value is -2.31. The zero-order valence-electron chi connectivity index (χ0n) is 15.1. The maximum absolute atomic E-state index is 13.0. The molecular formula is C18H26N2O5. The van der Waals surface area contributed by atoms with Crippen LogP contribution in [0.3, 0.4) is 0 Å². The number of benzene rings is 1. The van der Waals surface area contributed by atoms with Crippen LogP contribution in [0.5, 0.6) is 11.5 Å². The van der Waals surface area contributed by atoms with Crippen LogP contribution >= 0.6 is 0 Å². The molecule has 0 N–H and O–H groups in total. The molecule has 1 amide bonds. The molecule has 2 rings (SSSR count). The Morgan fingerprint density at radius 1 is 1.24 bits per heavy atom. The monoisotopic (exact) mass is 350 g/mol. The average molecular weight is 350 g/mol. The van der Waals surface area contributed by atoms with Gasteiger partial charge in [-0.05, 0) is 19.8 Å². The van der Waals surface area contributed by atoms with Gasteiger partial charge in [0.05, 0.1) is 24.7 Å². The van der Waals surface area contributed by atoms with Crippen LogP contribution in [0.1, 0.15) is 55.8 Å². The smallest absolute Gasteiger partial charge is 0.286 e.